The maximum atomic E-state index is 4.86. The van der Waals surface area contributed by atoms with Crippen molar-refractivity contribution >= 4 is 49.4 Å². The van der Waals surface area contributed by atoms with Crippen LogP contribution in [0.25, 0.3) is 29.9 Å². The molecular formula is C30H78N8OSi6U2. The first-order valence-electron chi connectivity index (χ1n) is 17.1. The maximum Gasteiger partial charge on any atom is 4.00 e. The Morgan fingerprint density at radius 3 is 0.468 bits per heavy atom. The molecule has 0 aliphatic heterocycles. The Bertz CT molecular complexity index is 569. The van der Waals surface area contributed by atoms with E-state index < -0.39 is 49.4 Å². The second-order valence-corrected chi connectivity index (χ2v) is 45.9. The summed E-state index contributed by atoms with van der Waals surface area (Å²) in [6.45, 7) is 53.7. The third-order valence-electron chi connectivity index (χ3n) is 6.01. The minimum Gasteiger partial charge on any atom is -2.00 e. The van der Waals surface area contributed by atoms with Gasteiger partial charge in [-0.25, -0.2) is 0 Å². The Hall–Kier alpha value is 3.05. The second-order valence-electron chi connectivity index (χ2n) is 18.0. The molecule has 9 nitrogen and oxygen atoms in total. The Labute approximate surface area is 349 Å². The molecule has 0 spiro atoms. The molecule has 0 radical (unpaired) electrons. The van der Waals surface area contributed by atoms with Gasteiger partial charge in [0, 0.05) is 0 Å². The maximum absolute atomic E-state index is 4.86. The molecule has 0 aromatic rings. The van der Waals surface area contributed by atoms with Gasteiger partial charge in [-0.15, -0.1) is 39.3 Å². The molecular weight excluding hydrogens is 1130 g/mol. The molecule has 276 valence electrons. The molecule has 0 aliphatic carbocycles. The molecule has 0 fully saturated rings. The summed E-state index contributed by atoms with van der Waals surface area (Å²) in [6.07, 6.45) is 0. The van der Waals surface area contributed by atoms with Crippen molar-refractivity contribution in [2.75, 3.05) is 78.5 Å². The van der Waals surface area contributed by atoms with Crippen LogP contribution in [-0.2, 0) is 5.48 Å². The van der Waals surface area contributed by atoms with Crippen molar-refractivity contribution in [1.29, 1.82) is 0 Å². The Kier molecular flexibility index (Phi) is 36.0. The summed E-state index contributed by atoms with van der Waals surface area (Å²) in [6, 6.07) is 0. The average molecular weight is 1210 g/mol. The SMILES string of the molecule is C[Si](C)(C)[N-]CCN(CC[N-][Si](C)(C)C)CC[N-][Si](C)(C)C.C[Si](C)(C)[N-]CCN(CC[N-][Si](C)(C)C)CC[N-][Si](C)(C)C.[O-2].[U+4].[U+4]. The summed E-state index contributed by atoms with van der Waals surface area (Å²) in [7, 11) is -7.69. The fourth-order valence-corrected chi connectivity index (χ4v) is 8.46. The van der Waals surface area contributed by atoms with Gasteiger partial charge in [-0.05, 0) is 39.3 Å². The van der Waals surface area contributed by atoms with Crippen LogP contribution in [-0.4, -0.2) is 138 Å². The van der Waals surface area contributed by atoms with E-state index in [2.05, 4.69) is 128 Å². The van der Waals surface area contributed by atoms with E-state index in [9.17, 15) is 0 Å². The molecule has 0 aromatic carbocycles. The van der Waals surface area contributed by atoms with Crippen LogP contribution in [0, 0.1) is 62.2 Å². The van der Waals surface area contributed by atoms with Gasteiger partial charge in [0.15, 0.2) is 0 Å². The number of hydrogen-bond donors (Lipinski definition) is 0. The fourth-order valence-electron chi connectivity index (χ4n) is 3.83. The van der Waals surface area contributed by atoms with E-state index in [1.807, 2.05) is 0 Å². The van der Waals surface area contributed by atoms with E-state index in [4.69, 9.17) is 29.9 Å². The zero-order valence-electron chi connectivity index (χ0n) is 34.5. The molecule has 17 heteroatoms. The van der Waals surface area contributed by atoms with Gasteiger partial charge >= 0.3 is 62.2 Å². The van der Waals surface area contributed by atoms with Gasteiger partial charge in [0.1, 0.15) is 0 Å². The zero-order valence-corrected chi connectivity index (χ0v) is 48.8. The minimum atomic E-state index is -1.28. The van der Waals surface area contributed by atoms with Crippen LogP contribution in [0.15, 0.2) is 0 Å². The molecule has 0 bridgehead atoms. The van der Waals surface area contributed by atoms with Crippen LogP contribution >= 0.6 is 0 Å². The van der Waals surface area contributed by atoms with Crippen molar-refractivity contribution < 1.29 is 67.7 Å². The van der Waals surface area contributed by atoms with E-state index in [0.29, 0.717) is 0 Å². The summed E-state index contributed by atoms with van der Waals surface area (Å²) < 4.78 is 0. The van der Waals surface area contributed by atoms with Gasteiger partial charge in [-0.3, -0.25) is 0 Å². The molecule has 47 heavy (non-hydrogen) atoms. The van der Waals surface area contributed by atoms with Gasteiger partial charge in [0.05, 0.1) is 0 Å². The molecule has 0 heterocycles. The molecule has 0 atom stereocenters. The molecule has 0 amide bonds. The van der Waals surface area contributed by atoms with E-state index in [-0.39, 0.29) is 67.7 Å². The standard InChI is InChI=1S/2C15H39N4Si3.O.2U/c2*1-20(2,3)16-10-13-19(14-11-17-21(4,5)6)15-12-18-22(7,8)9;;;/h2*10-15H2,1-9H3;;;/q2*-3;-2;2*+4. The van der Waals surface area contributed by atoms with Crippen LogP contribution in [0.4, 0.5) is 0 Å². The molecule has 0 aliphatic rings. The monoisotopic (exact) mass is 1210 g/mol. The molecule has 0 saturated carbocycles. The number of hydrogen-bond acceptors (Lipinski definition) is 2. The molecule has 0 rings (SSSR count). The van der Waals surface area contributed by atoms with E-state index >= 15 is 0 Å². The molecule has 0 aromatic heterocycles. The van der Waals surface area contributed by atoms with Crippen molar-refractivity contribution in [3.05, 3.63) is 29.9 Å². The Morgan fingerprint density at radius 1 is 0.277 bits per heavy atom. The van der Waals surface area contributed by atoms with Crippen LogP contribution < -0.4 is 0 Å². The van der Waals surface area contributed by atoms with Crippen molar-refractivity contribution in [1.82, 2.24) is 9.80 Å². The first-order valence-corrected chi connectivity index (χ1v) is 37.8. The first-order chi connectivity index (χ1) is 19.6. The molecule has 0 saturated heterocycles. The van der Waals surface area contributed by atoms with Crippen LogP contribution in [0.1, 0.15) is 0 Å². The van der Waals surface area contributed by atoms with Crippen molar-refractivity contribution in [2.45, 2.75) is 118 Å². The van der Waals surface area contributed by atoms with E-state index in [1.165, 1.54) is 0 Å². The smallest absolute Gasteiger partial charge is 2.00 e. The quantitative estimate of drug-likeness (QED) is 0.0896. The fraction of sp³-hybridized carbons (Fsp3) is 1.00. The third-order valence-corrected chi connectivity index (χ3v) is 13.0. The van der Waals surface area contributed by atoms with Gasteiger partial charge in [0.25, 0.3) is 0 Å². The predicted molar refractivity (Wildman–Crippen MR) is 223 cm³/mol. The predicted octanol–water partition coefficient (Wildman–Crippen LogP) is 9.71. The average Bonchev–Trinajstić information content (AvgIpc) is 2.74. The largest absolute Gasteiger partial charge is 4.00 e. The van der Waals surface area contributed by atoms with E-state index in [1.54, 1.807) is 0 Å². The van der Waals surface area contributed by atoms with Crippen molar-refractivity contribution in [2.24, 2.45) is 0 Å². The van der Waals surface area contributed by atoms with Crippen LogP contribution in [0.5, 0.6) is 0 Å². The molecule has 0 unspecified atom stereocenters. The van der Waals surface area contributed by atoms with Gasteiger partial charge < -0.3 is 45.2 Å². The summed E-state index contributed by atoms with van der Waals surface area (Å²) >= 11 is 0. The van der Waals surface area contributed by atoms with E-state index in [0.717, 1.165) is 78.5 Å². The summed E-state index contributed by atoms with van der Waals surface area (Å²) in [4.78, 5) is 34.2. The topological polar surface area (TPSA) is 120 Å². The second kappa shape index (κ2) is 28.5. The van der Waals surface area contributed by atoms with Gasteiger partial charge in [0.2, 0.25) is 0 Å². The normalized spacial score (nSPS) is 13.0. The number of nitrogens with zero attached hydrogens (tertiary/aromatic N) is 8. The zero-order chi connectivity index (χ0) is 34.9. The van der Waals surface area contributed by atoms with Crippen molar-refractivity contribution in [3.63, 3.8) is 0 Å². The summed E-state index contributed by atoms with van der Waals surface area (Å²) in [5.41, 5.74) is 0. The minimum absolute atomic E-state index is 0. The van der Waals surface area contributed by atoms with Gasteiger partial charge in [-0.2, -0.15) is 0 Å². The Morgan fingerprint density at radius 2 is 0.383 bits per heavy atom. The third kappa shape index (κ3) is 53.5. The number of rotatable bonds is 24. The van der Waals surface area contributed by atoms with Crippen LogP contribution in [0.2, 0.25) is 118 Å². The summed E-state index contributed by atoms with van der Waals surface area (Å²) in [5.74, 6) is 0. The Balaban J connectivity index is -0.000000235. The molecule has 0 N–H and O–H groups in total. The van der Waals surface area contributed by atoms with Gasteiger partial charge in [-0.1, -0.05) is 167 Å². The van der Waals surface area contributed by atoms with Crippen LogP contribution in [0.3, 0.4) is 0 Å². The summed E-state index contributed by atoms with van der Waals surface area (Å²) in [5, 5.41) is 0. The first kappa shape index (κ1) is 59.3. The van der Waals surface area contributed by atoms with Crippen molar-refractivity contribution in [3.8, 4) is 0 Å².